The minimum atomic E-state index is -0.344. The Morgan fingerprint density at radius 3 is 2.87 bits per heavy atom. The second-order valence-electron chi connectivity index (χ2n) is 3.09. The maximum absolute atomic E-state index is 6.02. The average molecular weight is 204 g/mol. The van der Waals surface area contributed by atoms with E-state index in [2.05, 4.69) is 15.2 Å². The molecule has 15 heavy (non-hydrogen) atoms. The molecule has 1 atom stereocenters. The van der Waals surface area contributed by atoms with E-state index in [1.54, 1.807) is 7.11 Å². The maximum Gasteiger partial charge on any atom is 0.145 e. The lowest BCUT2D eigenvalue weighted by Crippen LogP contribution is -2.14. The smallest absolute Gasteiger partial charge is 0.145 e. The average Bonchev–Trinajstić information content (AvgIpc) is 2.81. The Bertz CT molecular complexity index is 427. The minimum absolute atomic E-state index is 0.344. The molecule has 0 aliphatic heterocycles. The highest BCUT2D eigenvalue weighted by molar-refractivity contribution is 5.38. The van der Waals surface area contributed by atoms with Crippen molar-refractivity contribution in [2.75, 3.05) is 7.11 Å². The van der Waals surface area contributed by atoms with Gasteiger partial charge in [-0.25, -0.2) is 4.98 Å². The van der Waals surface area contributed by atoms with Crippen LogP contribution in [0.15, 0.2) is 30.6 Å². The fourth-order valence-corrected chi connectivity index (χ4v) is 1.44. The lowest BCUT2D eigenvalue weighted by atomic mass is 10.1. The van der Waals surface area contributed by atoms with Gasteiger partial charge in [0.15, 0.2) is 0 Å². The first-order valence-electron chi connectivity index (χ1n) is 4.56. The molecular weight excluding hydrogens is 192 g/mol. The van der Waals surface area contributed by atoms with Crippen LogP contribution in [0.5, 0.6) is 5.75 Å². The van der Waals surface area contributed by atoms with Gasteiger partial charge in [-0.05, 0) is 6.07 Å². The van der Waals surface area contributed by atoms with E-state index < -0.39 is 0 Å². The lowest BCUT2D eigenvalue weighted by Gasteiger charge is -2.12. The summed E-state index contributed by atoms with van der Waals surface area (Å²) in [6.07, 6.45) is 1.44. The summed E-state index contributed by atoms with van der Waals surface area (Å²) in [5, 5.41) is 6.51. The summed E-state index contributed by atoms with van der Waals surface area (Å²) in [6.45, 7) is 0. The molecule has 5 nitrogen and oxygen atoms in total. The molecule has 1 unspecified atom stereocenters. The molecule has 1 heterocycles. The van der Waals surface area contributed by atoms with Crippen molar-refractivity contribution >= 4 is 0 Å². The monoisotopic (exact) mass is 204 g/mol. The summed E-state index contributed by atoms with van der Waals surface area (Å²) in [5.41, 5.74) is 6.91. The van der Waals surface area contributed by atoms with E-state index in [0.29, 0.717) is 5.82 Å². The third-order valence-electron chi connectivity index (χ3n) is 2.20. The molecule has 0 amide bonds. The van der Waals surface area contributed by atoms with Gasteiger partial charge in [0.2, 0.25) is 0 Å². The predicted octanol–water partition coefficient (Wildman–Crippen LogP) is 0.861. The first kappa shape index (κ1) is 9.67. The van der Waals surface area contributed by atoms with Gasteiger partial charge in [-0.3, -0.25) is 5.10 Å². The summed E-state index contributed by atoms with van der Waals surface area (Å²) in [7, 11) is 1.62. The molecule has 0 spiro atoms. The topological polar surface area (TPSA) is 76.8 Å². The highest BCUT2D eigenvalue weighted by atomic mass is 16.5. The van der Waals surface area contributed by atoms with E-state index in [4.69, 9.17) is 10.5 Å². The number of nitrogens with two attached hydrogens (primary N) is 1. The van der Waals surface area contributed by atoms with Crippen molar-refractivity contribution in [1.82, 2.24) is 15.2 Å². The standard InChI is InChI=1S/C10H12N4O/c1-15-8-5-3-2-4-7(8)9(11)10-12-6-13-14-10/h2-6,9H,11H2,1H3,(H,12,13,14). The number of rotatable bonds is 3. The zero-order valence-corrected chi connectivity index (χ0v) is 8.34. The van der Waals surface area contributed by atoms with Crippen LogP contribution in [0.4, 0.5) is 0 Å². The SMILES string of the molecule is COc1ccccc1C(N)c1ncn[nH]1. The third kappa shape index (κ3) is 1.82. The van der Waals surface area contributed by atoms with E-state index in [9.17, 15) is 0 Å². The van der Waals surface area contributed by atoms with Crippen LogP contribution in [-0.4, -0.2) is 22.3 Å². The molecular formula is C10H12N4O. The number of methoxy groups -OCH3 is 1. The van der Waals surface area contributed by atoms with E-state index in [-0.39, 0.29) is 6.04 Å². The lowest BCUT2D eigenvalue weighted by molar-refractivity contribution is 0.407. The molecule has 0 saturated carbocycles. The first-order chi connectivity index (χ1) is 7.33. The fraction of sp³-hybridized carbons (Fsp3) is 0.200. The Morgan fingerprint density at radius 2 is 2.20 bits per heavy atom. The largest absolute Gasteiger partial charge is 0.496 e. The maximum atomic E-state index is 6.02. The van der Waals surface area contributed by atoms with Gasteiger partial charge in [0.25, 0.3) is 0 Å². The number of aromatic nitrogens is 3. The van der Waals surface area contributed by atoms with E-state index in [1.165, 1.54) is 6.33 Å². The van der Waals surface area contributed by atoms with Crippen LogP contribution in [0.1, 0.15) is 17.4 Å². The van der Waals surface area contributed by atoms with E-state index >= 15 is 0 Å². The number of para-hydroxylation sites is 1. The number of hydrogen-bond donors (Lipinski definition) is 2. The number of nitrogens with one attached hydrogen (secondary N) is 1. The highest BCUT2D eigenvalue weighted by Crippen LogP contribution is 2.25. The van der Waals surface area contributed by atoms with Gasteiger partial charge in [-0.1, -0.05) is 18.2 Å². The molecule has 1 aromatic heterocycles. The summed E-state index contributed by atoms with van der Waals surface area (Å²) < 4.78 is 5.22. The molecule has 1 aromatic carbocycles. The van der Waals surface area contributed by atoms with Crippen LogP contribution >= 0.6 is 0 Å². The quantitative estimate of drug-likeness (QED) is 0.777. The molecule has 0 bridgehead atoms. The van der Waals surface area contributed by atoms with Gasteiger partial charge in [0, 0.05) is 5.56 Å². The van der Waals surface area contributed by atoms with Crippen molar-refractivity contribution in [2.24, 2.45) is 5.73 Å². The van der Waals surface area contributed by atoms with Crippen molar-refractivity contribution in [3.05, 3.63) is 42.0 Å². The second kappa shape index (κ2) is 4.10. The van der Waals surface area contributed by atoms with Crippen LogP contribution in [0, 0.1) is 0 Å². The highest BCUT2D eigenvalue weighted by Gasteiger charge is 2.15. The summed E-state index contributed by atoms with van der Waals surface area (Å²) >= 11 is 0. The number of H-pyrrole nitrogens is 1. The van der Waals surface area contributed by atoms with E-state index in [1.807, 2.05) is 24.3 Å². The molecule has 2 aromatic rings. The molecule has 0 aliphatic carbocycles. The fourth-order valence-electron chi connectivity index (χ4n) is 1.44. The van der Waals surface area contributed by atoms with Gasteiger partial charge in [-0.15, -0.1) is 0 Å². The Balaban J connectivity index is 2.37. The van der Waals surface area contributed by atoms with Crippen molar-refractivity contribution in [1.29, 1.82) is 0 Å². The van der Waals surface area contributed by atoms with Crippen LogP contribution in [-0.2, 0) is 0 Å². The number of nitrogens with zero attached hydrogens (tertiary/aromatic N) is 2. The van der Waals surface area contributed by atoms with Crippen LogP contribution in [0.3, 0.4) is 0 Å². The zero-order chi connectivity index (χ0) is 10.7. The van der Waals surface area contributed by atoms with Crippen molar-refractivity contribution in [3.8, 4) is 5.75 Å². The normalized spacial score (nSPS) is 12.4. The number of ether oxygens (including phenoxy) is 1. The van der Waals surface area contributed by atoms with Gasteiger partial charge < -0.3 is 10.5 Å². The third-order valence-corrected chi connectivity index (χ3v) is 2.20. The summed E-state index contributed by atoms with van der Waals surface area (Å²) in [5.74, 6) is 1.38. The van der Waals surface area contributed by atoms with Gasteiger partial charge in [-0.2, -0.15) is 5.10 Å². The molecule has 2 rings (SSSR count). The van der Waals surface area contributed by atoms with Crippen molar-refractivity contribution in [3.63, 3.8) is 0 Å². The Kier molecular flexibility index (Phi) is 2.64. The van der Waals surface area contributed by atoms with Gasteiger partial charge in [0.1, 0.15) is 17.9 Å². The summed E-state index contributed by atoms with van der Waals surface area (Å²) in [6, 6.07) is 7.24. The molecule has 5 heteroatoms. The van der Waals surface area contributed by atoms with E-state index in [0.717, 1.165) is 11.3 Å². The second-order valence-corrected chi connectivity index (χ2v) is 3.09. The Hall–Kier alpha value is -1.88. The van der Waals surface area contributed by atoms with Gasteiger partial charge in [0.05, 0.1) is 13.2 Å². The predicted molar refractivity (Wildman–Crippen MR) is 55.4 cm³/mol. The van der Waals surface area contributed by atoms with Crippen molar-refractivity contribution < 1.29 is 4.74 Å². The molecule has 0 aliphatic rings. The molecule has 0 fully saturated rings. The van der Waals surface area contributed by atoms with Crippen molar-refractivity contribution in [2.45, 2.75) is 6.04 Å². The number of benzene rings is 1. The molecule has 0 saturated heterocycles. The Labute approximate surface area is 87.3 Å². The number of aromatic amines is 1. The van der Waals surface area contributed by atoms with Crippen LogP contribution in [0.25, 0.3) is 0 Å². The number of hydrogen-bond acceptors (Lipinski definition) is 4. The van der Waals surface area contributed by atoms with Gasteiger partial charge >= 0.3 is 0 Å². The molecule has 0 radical (unpaired) electrons. The van der Waals surface area contributed by atoms with Crippen LogP contribution < -0.4 is 10.5 Å². The Morgan fingerprint density at radius 1 is 1.40 bits per heavy atom. The minimum Gasteiger partial charge on any atom is -0.496 e. The zero-order valence-electron chi connectivity index (χ0n) is 8.34. The first-order valence-corrected chi connectivity index (χ1v) is 4.56. The van der Waals surface area contributed by atoms with Crippen LogP contribution in [0.2, 0.25) is 0 Å². The summed E-state index contributed by atoms with van der Waals surface area (Å²) in [4.78, 5) is 4.02. The molecule has 3 N–H and O–H groups in total. The molecule has 78 valence electrons.